The van der Waals surface area contributed by atoms with Crippen molar-refractivity contribution in [3.63, 3.8) is 0 Å². The van der Waals surface area contributed by atoms with Crippen molar-refractivity contribution in [1.82, 2.24) is 4.90 Å². The third kappa shape index (κ3) is 5.03. The number of hydrogen-bond acceptors (Lipinski definition) is 4. The molecule has 0 radical (unpaired) electrons. The Morgan fingerprint density at radius 1 is 1.30 bits per heavy atom. The van der Waals surface area contributed by atoms with Crippen molar-refractivity contribution in [2.24, 2.45) is 0 Å². The molecule has 130 valence electrons. The summed E-state index contributed by atoms with van der Waals surface area (Å²) in [5.74, 6) is 0.274. The maximum Gasteiger partial charge on any atom is 0.152 e. The number of hydrogen-bond donors (Lipinski definition) is 0. The number of rotatable bonds is 6. The molecule has 0 unspecified atom stereocenters. The van der Waals surface area contributed by atoms with Crippen molar-refractivity contribution in [2.45, 2.75) is 45.5 Å². The van der Waals surface area contributed by atoms with Gasteiger partial charge in [-0.1, -0.05) is 23.8 Å². The van der Waals surface area contributed by atoms with Crippen LogP contribution in [0.4, 0.5) is 0 Å². The summed E-state index contributed by atoms with van der Waals surface area (Å²) in [4.78, 5) is 2.32. The number of benzene rings is 1. The minimum absolute atomic E-state index is 0.0889. The Hall–Kier alpha value is -0.910. The molecule has 1 saturated heterocycles. The molecule has 2 rings (SSSR count). The SMILES string of the molecule is Cc1ccc([C@@H]2CN(CCCS(=O)(=O)C(C)C)CCO2)c(C)c1. The summed E-state index contributed by atoms with van der Waals surface area (Å²) in [7, 11) is -2.93. The maximum atomic E-state index is 11.9. The van der Waals surface area contributed by atoms with E-state index in [9.17, 15) is 8.42 Å². The Morgan fingerprint density at radius 3 is 2.70 bits per heavy atom. The number of ether oxygens (including phenoxy) is 1. The van der Waals surface area contributed by atoms with Crippen LogP contribution in [0.25, 0.3) is 0 Å². The van der Waals surface area contributed by atoms with Gasteiger partial charge in [0, 0.05) is 13.1 Å². The number of sulfone groups is 1. The Balaban J connectivity index is 1.91. The van der Waals surface area contributed by atoms with Gasteiger partial charge >= 0.3 is 0 Å². The van der Waals surface area contributed by atoms with E-state index in [4.69, 9.17) is 4.74 Å². The molecule has 1 aromatic carbocycles. The van der Waals surface area contributed by atoms with Crippen LogP contribution in [-0.2, 0) is 14.6 Å². The van der Waals surface area contributed by atoms with Gasteiger partial charge in [0.05, 0.1) is 23.7 Å². The predicted octanol–water partition coefficient (Wildman–Crippen LogP) is 2.89. The van der Waals surface area contributed by atoms with Crippen LogP contribution >= 0.6 is 0 Å². The zero-order valence-electron chi connectivity index (χ0n) is 14.7. The number of morpholine rings is 1. The summed E-state index contributed by atoms with van der Waals surface area (Å²) in [6.07, 6.45) is 0.783. The van der Waals surface area contributed by atoms with Crippen LogP contribution in [0, 0.1) is 13.8 Å². The van der Waals surface area contributed by atoms with E-state index >= 15 is 0 Å². The van der Waals surface area contributed by atoms with Crippen molar-refractivity contribution in [3.8, 4) is 0 Å². The molecule has 1 atom stereocenters. The lowest BCUT2D eigenvalue weighted by Crippen LogP contribution is -2.39. The van der Waals surface area contributed by atoms with E-state index in [1.807, 2.05) is 0 Å². The Morgan fingerprint density at radius 2 is 2.04 bits per heavy atom. The van der Waals surface area contributed by atoms with E-state index in [0.717, 1.165) is 19.6 Å². The molecule has 0 N–H and O–H groups in total. The summed E-state index contributed by atoms with van der Waals surface area (Å²) in [6.45, 7) is 11.0. The van der Waals surface area contributed by atoms with Crippen LogP contribution in [0.2, 0.25) is 0 Å². The van der Waals surface area contributed by atoms with Crippen molar-refractivity contribution in [1.29, 1.82) is 0 Å². The van der Waals surface area contributed by atoms with Crippen molar-refractivity contribution >= 4 is 9.84 Å². The molecule has 0 bridgehead atoms. The van der Waals surface area contributed by atoms with Gasteiger partial charge in [-0.3, -0.25) is 4.90 Å². The zero-order chi connectivity index (χ0) is 17.0. The summed E-state index contributed by atoms with van der Waals surface area (Å²) in [6, 6.07) is 6.47. The molecule has 0 saturated carbocycles. The predicted molar refractivity (Wildman–Crippen MR) is 94.6 cm³/mol. The van der Waals surface area contributed by atoms with E-state index < -0.39 is 9.84 Å². The first-order chi connectivity index (χ1) is 10.8. The molecule has 0 aliphatic carbocycles. The van der Waals surface area contributed by atoms with E-state index in [1.165, 1.54) is 16.7 Å². The van der Waals surface area contributed by atoms with E-state index in [0.29, 0.717) is 13.0 Å². The van der Waals surface area contributed by atoms with Crippen LogP contribution in [-0.4, -0.2) is 50.6 Å². The van der Waals surface area contributed by atoms with E-state index in [1.54, 1.807) is 13.8 Å². The summed E-state index contributed by atoms with van der Waals surface area (Å²) < 4.78 is 29.7. The fraction of sp³-hybridized carbons (Fsp3) is 0.667. The van der Waals surface area contributed by atoms with Gasteiger partial charge in [-0.15, -0.1) is 0 Å². The molecular weight excluding hydrogens is 310 g/mol. The van der Waals surface area contributed by atoms with Gasteiger partial charge in [0.2, 0.25) is 0 Å². The second kappa shape index (κ2) is 7.77. The van der Waals surface area contributed by atoms with Crippen LogP contribution in [0.3, 0.4) is 0 Å². The topological polar surface area (TPSA) is 46.6 Å². The molecule has 1 aromatic rings. The molecule has 1 fully saturated rings. The molecule has 1 heterocycles. The largest absolute Gasteiger partial charge is 0.371 e. The molecule has 1 aliphatic rings. The first kappa shape index (κ1) is 18.4. The number of nitrogens with zero attached hydrogens (tertiary/aromatic N) is 1. The fourth-order valence-corrected chi connectivity index (χ4v) is 4.01. The maximum absolute atomic E-state index is 11.9. The van der Waals surface area contributed by atoms with E-state index in [2.05, 4.69) is 36.9 Å². The second-order valence-electron chi connectivity index (χ2n) is 6.79. The van der Waals surface area contributed by atoms with Crippen molar-refractivity contribution < 1.29 is 13.2 Å². The summed E-state index contributed by atoms with van der Waals surface area (Å²) in [5, 5.41) is -0.282. The molecular formula is C18H29NO3S. The lowest BCUT2D eigenvalue weighted by Gasteiger charge is -2.33. The summed E-state index contributed by atoms with van der Waals surface area (Å²) in [5.41, 5.74) is 3.77. The van der Waals surface area contributed by atoms with Gasteiger partial charge in [0.15, 0.2) is 9.84 Å². The van der Waals surface area contributed by atoms with Crippen LogP contribution in [0.5, 0.6) is 0 Å². The first-order valence-electron chi connectivity index (χ1n) is 8.42. The van der Waals surface area contributed by atoms with Crippen molar-refractivity contribution in [2.75, 3.05) is 32.0 Å². The lowest BCUT2D eigenvalue weighted by atomic mass is 10.00. The Bertz CT molecular complexity index is 625. The minimum atomic E-state index is -2.93. The third-order valence-electron chi connectivity index (χ3n) is 4.54. The Labute approximate surface area is 140 Å². The molecule has 0 aromatic heterocycles. The molecule has 23 heavy (non-hydrogen) atoms. The molecule has 0 amide bonds. The highest BCUT2D eigenvalue weighted by Gasteiger charge is 2.24. The second-order valence-corrected chi connectivity index (χ2v) is 9.47. The summed E-state index contributed by atoms with van der Waals surface area (Å²) >= 11 is 0. The number of aryl methyl sites for hydroxylation is 2. The molecule has 1 aliphatic heterocycles. The molecule has 4 nitrogen and oxygen atoms in total. The van der Waals surface area contributed by atoms with Crippen LogP contribution < -0.4 is 0 Å². The van der Waals surface area contributed by atoms with Gasteiger partial charge in [0.1, 0.15) is 0 Å². The molecule has 0 spiro atoms. The monoisotopic (exact) mass is 339 g/mol. The van der Waals surface area contributed by atoms with Crippen LogP contribution in [0.1, 0.15) is 43.1 Å². The molecule has 5 heteroatoms. The Kier molecular flexibility index (Phi) is 6.23. The smallest absolute Gasteiger partial charge is 0.152 e. The fourth-order valence-electron chi connectivity index (χ4n) is 3.01. The highest BCUT2D eigenvalue weighted by Crippen LogP contribution is 2.25. The normalized spacial score (nSPS) is 20.1. The van der Waals surface area contributed by atoms with Crippen LogP contribution in [0.15, 0.2) is 18.2 Å². The quantitative estimate of drug-likeness (QED) is 0.799. The van der Waals surface area contributed by atoms with Gasteiger partial charge in [-0.2, -0.15) is 0 Å². The zero-order valence-corrected chi connectivity index (χ0v) is 15.5. The minimum Gasteiger partial charge on any atom is -0.371 e. The van der Waals surface area contributed by atoms with Gasteiger partial charge in [-0.25, -0.2) is 8.42 Å². The average molecular weight is 340 g/mol. The average Bonchev–Trinajstić information content (AvgIpc) is 2.47. The van der Waals surface area contributed by atoms with Gasteiger partial charge in [-0.05, 0) is 51.8 Å². The highest BCUT2D eigenvalue weighted by atomic mass is 32.2. The third-order valence-corrected chi connectivity index (χ3v) is 6.84. The van der Waals surface area contributed by atoms with Crippen molar-refractivity contribution in [3.05, 3.63) is 34.9 Å². The van der Waals surface area contributed by atoms with E-state index in [-0.39, 0.29) is 17.1 Å². The highest BCUT2D eigenvalue weighted by molar-refractivity contribution is 7.91. The van der Waals surface area contributed by atoms with Gasteiger partial charge in [0.25, 0.3) is 0 Å². The standard InChI is InChI=1S/C18H29NO3S/c1-14(2)23(20,21)11-5-8-19-9-10-22-18(13-19)17-7-6-15(3)12-16(17)4/h6-7,12,14,18H,5,8-11,13H2,1-4H3/t18-/m0/s1. The first-order valence-corrected chi connectivity index (χ1v) is 10.1. The van der Waals surface area contributed by atoms with Gasteiger partial charge < -0.3 is 4.74 Å². The lowest BCUT2D eigenvalue weighted by molar-refractivity contribution is -0.0300.